The Labute approximate surface area is 500 Å². The van der Waals surface area contributed by atoms with Gasteiger partial charge in [-0.3, -0.25) is 29.7 Å². The average molecular weight is 1280 g/mol. The van der Waals surface area contributed by atoms with Gasteiger partial charge in [0.1, 0.15) is 59.3 Å². The highest BCUT2D eigenvalue weighted by atomic mass is 19.4. The van der Waals surface area contributed by atoms with Crippen LogP contribution < -0.4 is 26.6 Å². The molecule has 2 aromatic heterocycles. The fraction of sp³-hybridized carbons (Fsp3) is 0.784. The van der Waals surface area contributed by atoms with E-state index in [1.807, 2.05) is 0 Å². The predicted octanol–water partition coefficient (Wildman–Crippen LogP) is -2.52. The maximum Gasteiger partial charge on any atom is 0.434 e. The quantitative estimate of drug-likeness (QED) is 0.0242. The second-order valence-electron chi connectivity index (χ2n) is 20.1. The molecular formula is C51H77F6N9O22. The molecule has 6 heterocycles. The summed E-state index contributed by atoms with van der Waals surface area (Å²) in [5.41, 5.74) is -5.31. The molecule has 0 unspecified atom stereocenters. The number of ether oxygens (including phenoxy) is 14. The maximum atomic E-state index is 13.1. The van der Waals surface area contributed by atoms with Crippen molar-refractivity contribution >= 4 is 29.4 Å². The summed E-state index contributed by atoms with van der Waals surface area (Å²) in [7, 11) is 0. The SMILES string of the molecule is O=C(O)CNC(COCCC(=O)NCCOCCOCCOCCOC[C@@]12CO[C@@H](O1)[C@H](Nc1cncc(C(F)(F)F)n1)[C@@H](O)[C@H]2O)COCCC(=O)NCCOCCOCCOCCOC[C@@]12CO[C@@H](O1)[C@H](Nc1cncc(C(F)(F)F)n1)[C@@H](O)[C@H]2O. The Bertz CT molecular complexity index is 2240. The van der Waals surface area contributed by atoms with Crippen LogP contribution in [0.15, 0.2) is 24.8 Å². The second kappa shape index (κ2) is 36.7. The number of aliphatic carboxylic acids is 1. The van der Waals surface area contributed by atoms with Crippen molar-refractivity contribution < 1.29 is 133 Å². The second-order valence-corrected chi connectivity index (χ2v) is 20.1. The monoisotopic (exact) mass is 1280 g/mol. The van der Waals surface area contributed by atoms with Crippen LogP contribution in [0.5, 0.6) is 0 Å². The van der Waals surface area contributed by atoms with Gasteiger partial charge < -0.3 is 113 Å². The lowest BCUT2D eigenvalue weighted by molar-refractivity contribution is -0.230. The third-order valence-corrected chi connectivity index (χ3v) is 13.4. The molecule has 4 fully saturated rings. The van der Waals surface area contributed by atoms with Gasteiger partial charge in [0.05, 0.1) is 183 Å². The molecule has 4 saturated heterocycles. The van der Waals surface area contributed by atoms with Gasteiger partial charge in [0.2, 0.25) is 11.8 Å². The Hall–Kier alpha value is -5.01. The van der Waals surface area contributed by atoms with Gasteiger partial charge in [0.15, 0.2) is 24.0 Å². The maximum absolute atomic E-state index is 13.1. The summed E-state index contributed by atoms with van der Waals surface area (Å²) in [4.78, 5) is 49.7. The molecule has 4 aliphatic rings. The van der Waals surface area contributed by atoms with Crippen LogP contribution in [0.2, 0.25) is 0 Å². The van der Waals surface area contributed by atoms with E-state index in [0.717, 1.165) is 12.4 Å². The Morgan fingerprint density at radius 1 is 0.534 bits per heavy atom. The first-order valence-corrected chi connectivity index (χ1v) is 28.1. The van der Waals surface area contributed by atoms with Crippen LogP contribution in [0.3, 0.4) is 0 Å². The molecule has 2 amide bonds. The topological polar surface area (TPSA) is 393 Å². The Morgan fingerprint density at radius 3 is 1.26 bits per heavy atom. The first-order chi connectivity index (χ1) is 42.2. The van der Waals surface area contributed by atoms with Gasteiger partial charge in [-0.15, -0.1) is 0 Å². The van der Waals surface area contributed by atoms with Crippen molar-refractivity contribution in [2.75, 3.05) is 176 Å². The number of aliphatic hydroxyl groups excluding tert-OH is 4. The van der Waals surface area contributed by atoms with E-state index >= 15 is 0 Å². The zero-order chi connectivity index (χ0) is 63.4. The average Bonchev–Trinajstić information content (AvgIpc) is 1.69. The minimum atomic E-state index is -4.73. The molecule has 6 rings (SSSR count). The third kappa shape index (κ3) is 23.7. The third-order valence-electron chi connectivity index (χ3n) is 13.4. The largest absolute Gasteiger partial charge is 0.480 e. The lowest BCUT2D eigenvalue weighted by Crippen LogP contribution is -2.64. The standard InChI is InChI=1S/C51H77F6N9O22/c52-50(53,54)33-21-58-23-35(63-33)65-40-42(71)44(73)48(30-85-46(40)87-48)28-83-19-17-79-15-13-77-11-9-75-7-3-60-37(67)1-5-81-26-32(62-25-39(69)70)27-82-6-2-38(68)61-4-8-76-10-12-78-14-16-80-18-20-84-29-49-31-86-47(88-49)41(43(72)45(49)74)66-36-24-59-22-34(64-36)51(55,56)57/h21-24,32,40-47,62,71-74H,1-20,25-31H2,(H,60,67)(H,61,68)(H,63,65)(H,64,66)(H,69,70)/t40-,41-,42-,43-,44-,45-,46+,47+,48+,49+/m1/s1. The number of anilines is 2. The molecule has 10 atom stereocenters. The Balaban J connectivity index is 0.670. The van der Waals surface area contributed by atoms with Crippen LogP contribution in [-0.4, -0.2) is 295 Å². The lowest BCUT2D eigenvalue weighted by Gasteiger charge is -2.42. The van der Waals surface area contributed by atoms with Crippen LogP contribution in [0, 0.1) is 0 Å². The summed E-state index contributed by atoms with van der Waals surface area (Å²) in [5.74, 6) is -2.26. The van der Waals surface area contributed by atoms with Gasteiger partial charge in [-0.2, -0.15) is 26.3 Å². The number of alkyl halides is 6. The van der Waals surface area contributed by atoms with Crippen LogP contribution in [0.25, 0.3) is 0 Å². The highest BCUT2D eigenvalue weighted by Gasteiger charge is 2.61. The molecule has 0 radical (unpaired) electrons. The number of nitrogens with zero attached hydrogens (tertiary/aromatic N) is 4. The number of rotatable bonds is 45. The van der Waals surface area contributed by atoms with Crippen LogP contribution in [0.4, 0.5) is 38.0 Å². The number of carboxylic acids is 1. The molecule has 0 aliphatic carbocycles. The minimum absolute atomic E-state index is 0.0319. The van der Waals surface area contributed by atoms with E-state index < -0.39 is 96.0 Å². The molecule has 10 N–H and O–H groups in total. The summed E-state index contributed by atoms with van der Waals surface area (Å²) in [6.45, 7) is 2.62. The summed E-state index contributed by atoms with van der Waals surface area (Å²) in [6, 6.07) is -2.84. The van der Waals surface area contributed by atoms with Crippen LogP contribution in [0.1, 0.15) is 24.2 Å². The molecule has 4 bridgehead atoms. The van der Waals surface area contributed by atoms with Gasteiger partial charge in [-0.25, -0.2) is 9.97 Å². The van der Waals surface area contributed by atoms with Crippen molar-refractivity contribution in [3.05, 3.63) is 36.2 Å². The summed E-state index contributed by atoms with van der Waals surface area (Å²) < 4.78 is 156. The van der Waals surface area contributed by atoms with Crippen molar-refractivity contribution in [2.45, 2.75) is 91.5 Å². The molecule has 0 spiro atoms. The van der Waals surface area contributed by atoms with Crippen LogP contribution >= 0.6 is 0 Å². The molecule has 0 aromatic carbocycles. The van der Waals surface area contributed by atoms with E-state index in [-0.39, 0.29) is 201 Å². The van der Waals surface area contributed by atoms with Gasteiger partial charge in [0, 0.05) is 25.9 Å². The number of carboxylic acid groups (broad SMARTS) is 1. The van der Waals surface area contributed by atoms with Gasteiger partial charge in [-0.1, -0.05) is 0 Å². The van der Waals surface area contributed by atoms with E-state index in [1.165, 1.54) is 0 Å². The molecule has 37 heteroatoms. The summed E-state index contributed by atoms with van der Waals surface area (Å²) in [6.07, 6.45) is -14.5. The number of carbonyl (C=O) groups excluding carboxylic acids is 2. The number of amides is 2. The fourth-order valence-electron chi connectivity index (χ4n) is 8.85. The van der Waals surface area contributed by atoms with Crippen LogP contribution in [-0.2, 0) is 93.1 Å². The summed E-state index contributed by atoms with van der Waals surface area (Å²) >= 11 is 0. The van der Waals surface area contributed by atoms with Crippen molar-refractivity contribution in [1.82, 2.24) is 35.9 Å². The van der Waals surface area contributed by atoms with Gasteiger partial charge in [0.25, 0.3) is 0 Å². The van der Waals surface area contributed by atoms with Gasteiger partial charge in [-0.05, 0) is 0 Å². The predicted molar refractivity (Wildman–Crippen MR) is 283 cm³/mol. The van der Waals surface area contributed by atoms with E-state index in [2.05, 4.69) is 46.5 Å². The first-order valence-electron chi connectivity index (χ1n) is 28.1. The highest BCUT2D eigenvalue weighted by Crippen LogP contribution is 2.40. The molecular weight excluding hydrogens is 1200 g/mol. The molecule has 500 valence electrons. The summed E-state index contributed by atoms with van der Waals surface area (Å²) in [5, 5.41) is 65.8. The van der Waals surface area contributed by atoms with E-state index in [0.29, 0.717) is 12.4 Å². The molecule has 4 aliphatic heterocycles. The highest BCUT2D eigenvalue weighted by molar-refractivity contribution is 5.76. The van der Waals surface area contributed by atoms with Crippen molar-refractivity contribution in [3.8, 4) is 0 Å². The number of hydrogen-bond donors (Lipinski definition) is 10. The van der Waals surface area contributed by atoms with E-state index in [4.69, 9.17) is 71.4 Å². The zero-order valence-electron chi connectivity index (χ0n) is 47.8. The van der Waals surface area contributed by atoms with E-state index in [9.17, 15) is 61.2 Å². The molecule has 31 nitrogen and oxygen atoms in total. The molecule has 88 heavy (non-hydrogen) atoms. The number of hydrogen-bond acceptors (Lipinski definition) is 28. The molecule has 2 aromatic rings. The van der Waals surface area contributed by atoms with Gasteiger partial charge >= 0.3 is 18.3 Å². The van der Waals surface area contributed by atoms with Crippen molar-refractivity contribution in [3.63, 3.8) is 0 Å². The first kappa shape index (κ1) is 72.1. The minimum Gasteiger partial charge on any atom is -0.480 e. The fourth-order valence-corrected chi connectivity index (χ4v) is 8.85. The van der Waals surface area contributed by atoms with Crippen molar-refractivity contribution in [1.29, 1.82) is 0 Å². The Morgan fingerprint density at radius 2 is 0.898 bits per heavy atom. The lowest BCUT2D eigenvalue weighted by atomic mass is 9.88. The Kier molecular flexibility index (Phi) is 30.1. The van der Waals surface area contributed by atoms with E-state index in [1.54, 1.807) is 0 Å². The number of carbonyl (C=O) groups is 3. The normalized spacial score (nSPS) is 25.1. The van der Waals surface area contributed by atoms with Crippen molar-refractivity contribution in [2.24, 2.45) is 0 Å². The molecule has 0 saturated carbocycles. The number of nitrogens with one attached hydrogen (secondary N) is 5. The smallest absolute Gasteiger partial charge is 0.434 e. The number of halogens is 6. The zero-order valence-corrected chi connectivity index (χ0v) is 47.8. The number of aliphatic hydroxyl groups is 4. The number of aromatic nitrogens is 4. The number of fused-ring (bicyclic) bond motifs is 4.